The number of nitrogen functional groups attached to an aromatic ring is 1. The van der Waals surface area contributed by atoms with Crippen molar-refractivity contribution in [1.29, 1.82) is 0 Å². The molecule has 10 heteroatoms. The van der Waals surface area contributed by atoms with Crippen LogP contribution in [0.25, 0.3) is 16.7 Å². The van der Waals surface area contributed by atoms with E-state index >= 15 is 0 Å². The van der Waals surface area contributed by atoms with Gasteiger partial charge in [0.05, 0.1) is 17.3 Å². The first-order chi connectivity index (χ1) is 16.5. The Kier molecular flexibility index (Phi) is 4.72. The summed E-state index contributed by atoms with van der Waals surface area (Å²) in [5, 5.41) is 7.71. The number of aromatic nitrogens is 5. The Labute approximate surface area is 200 Å². The summed E-state index contributed by atoms with van der Waals surface area (Å²) in [6, 6.07) is 9.65. The second-order valence-corrected chi connectivity index (χ2v) is 9.08. The molecule has 0 saturated carbocycles. The largest absolute Gasteiger partial charge is 0.485 e. The summed E-state index contributed by atoms with van der Waals surface area (Å²) in [6.45, 7) is 5.67. The molecule has 6 rings (SSSR count). The lowest BCUT2D eigenvalue weighted by molar-refractivity contribution is 0.0431. The van der Waals surface area contributed by atoms with E-state index in [1.54, 1.807) is 18.5 Å². The van der Waals surface area contributed by atoms with E-state index in [2.05, 4.69) is 37.7 Å². The van der Waals surface area contributed by atoms with E-state index in [0.717, 1.165) is 43.1 Å². The van der Waals surface area contributed by atoms with Crippen molar-refractivity contribution < 1.29 is 4.74 Å². The average Bonchev–Trinajstić information content (AvgIpc) is 3.40. The lowest BCUT2D eigenvalue weighted by atomic mass is 9.83. The first kappa shape index (κ1) is 20.9. The number of benzene rings is 1. The quantitative estimate of drug-likeness (QED) is 0.411. The minimum Gasteiger partial charge on any atom is -0.485 e. The average molecular weight is 475 g/mol. The molecule has 9 nitrogen and oxygen atoms in total. The third-order valence-electron chi connectivity index (χ3n) is 6.85. The zero-order valence-electron chi connectivity index (χ0n) is 18.3. The predicted octanol–water partition coefficient (Wildman–Crippen LogP) is 3.48. The number of piperidine rings is 1. The highest BCUT2D eigenvalue weighted by Crippen LogP contribution is 2.47. The number of nitrogens with zero attached hydrogens (tertiary/aromatic N) is 5. The number of rotatable bonds is 3. The van der Waals surface area contributed by atoms with Crippen molar-refractivity contribution in [3.63, 3.8) is 0 Å². The summed E-state index contributed by atoms with van der Waals surface area (Å²) in [4.78, 5) is 15.6. The van der Waals surface area contributed by atoms with Gasteiger partial charge in [-0.05, 0) is 12.1 Å². The number of halogens is 1. The van der Waals surface area contributed by atoms with Gasteiger partial charge in [0.1, 0.15) is 34.2 Å². The van der Waals surface area contributed by atoms with Gasteiger partial charge in [-0.1, -0.05) is 36.4 Å². The summed E-state index contributed by atoms with van der Waals surface area (Å²) in [7, 11) is 0. The zero-order valence-corrected chi connectivity index (χ0v) is 19.1. The molecule has 5 heterocycles. The zero-order chi connectivity index (χ0) is 23.4. The molecule has 0 bridgehead atoms. The number of H-pyrrole nitrogens is 1. The predicted molar refractivity (Wildman–Crippen MR) is 132 cm³/mol. The van der Waals surface area contributed by atoms with Crippen LogP contribution in [0.1, 0.15) is 35.7 Å². The number of fused-ring (bicyclic) bond motifs is 2. The molecule has 1 fully saturated rings. The molecular formula is C24H23ClN8O. The van der Waals surface area contributed by atoms with Gasteiger partial charge < -0.3 is 21.1 Å². The number of aromatic amines is 1. The fraction of sp³-hybridized carbons (Fsp3) is 0.250. The van der Waals surface area contributed by atoms with Crippen molar-refractivity contribution in [3.05, 3.63) is 71.1 Å². The van der Waals surface area contributed by atoms with Gasteiger partial charge in [-0.25, -0.2) is 15.0 Å². The maximum Gasteiger partial charge on any atom is 0.177 e. The molecule has 1 saturated heterocycles. The Balaban J connectivity index is 1.23. The number of hydrogen-bond donors (Lipinski definition) is 3. The van der Waals surface area contributed by atoms with E-state index in [4.69, 9.17) is 32.8 Å². The van der Waals surface area contributed by atoms with Crippen molar-refractivity contribution in [2.45, 2.75) is 24.5 Å². The van der Waals surface area contributed by atoms with Crippen molar-refractivity contribution in [3.8, 4) is 5.75 Å². The summed E-state index contributed by atoms with van der Waals surface area (Å²) < 4.78 is 6.35. The van der Waals surface area contributed by atoms with Crippen LogP contribution in [0.5, 0.6) is 5.75 Å². The van der Waals surface area contributed by atoms with Crippen LogP contribution in [0.15, 0.2) is 49.3 Å². The Morgan fingerprint density at radius 2 is 2.00 bits per heavy atom. The fourth-order valence-electron chi connectivity index (χ4n) is 4.90. The maximum absolute atomic E-state index is 6.60. The fourth-order valence-corrected chi connectivity index (χ4v) is 5.13. The van der Waals surface area contributed by atoms with Crippen LogP contribution in [0.4, 0.5) is 11.6 Å². The Hall–Kier alpha value is -3.69. The standard InChI is InChI=1S/C24H23ClN8O/c1-13(14-6-9-28-22(27)18(14)25)19-20-23(32-31-19)30-17(12-29-20)33-10-7-24(8-11-33)21(26)15-4-2-3-5-16(15)34-24/h2-6,9,12,21H,1,7-8,10-11,26H2,(H2,27,28)(H,30,31,32)/t21-/m1/s1. The molecule has 0 amide bonds. The van der Waals surface area contributed by atoms with Crippen LogP contribution in [-0.4, -0.2) is 43.8 Å². The molecule has 2 aliphatic heterocycles. The molecule has 0 radical (unpaired) electrons. The van der Waals surface area contributed by atoms with Gasteiger partial charge in [0, 0.05) is 48.8 Å². The van der Waals surface area contributed by atoms with E-state index < -0.39 is 0 Å². The monoisotopic (exact) mass is 474 g/mol. The third-order valence-corrected chi connectivity index (χ3v) is 7.25. The topological polar surface area (TPSA) is 132 Å². The number of hydrogen-bond acceptors (Lipinski definition) is 8. The third kappa shape index (κ3) is 3.12. The number of para-hydroxylation sites is 1. The molecular weight excluding hydrogens is 452 g/mol. The Morgan fingerprint density at radius 3 is 2.79 bits per heavy atom. The first-order valence-corrected chi connectivity index (χ1v) is 11.4. The number of nitrogens with two attached hydrogens (primary N) is 2. The number of nitrogens with one attached hydrogen (secondary N) is 1. The van der Waals surface area contributed by atoms with E-state index in [1.807, 2.05) is 18.2 Å². The molecule has 1 spiro atoms. The first-order valence-electron chi connectivity index (χ1n) is 11.1. The van der Waals surface area contributed by atoms with Gasteiger partial charge in [-0.15, -0.1) is 0 Å². The van der Waals surface area contributed by atoms with Crippen molar-refractivity contribution in [2.75, 3.05) is 23.7 Å². The summed E-state index contributed by atoms with van der Waals surface area (Å²) in [6.07, 6.45) is 4.95. The minimum absolute atomic E-state index is 0.130. The molecule has 172 valence electrons. The van der Waals surface area contributed by atoms with Crippen LogP contribution in [0, 0.1) is 0 Å². The van der Waals surface area contributed by atoms with E-state index in [-0.39, 0.29) is 17.5 Å². The van der Waals surface area contributed by atoms with Crippen LogP contribution in [0.2, 0.25) is 5.02 Å². The van der Waals surface area contributed by atoms with Gasteiger partial charge in [0.15, 0.2) is 5.65 Å². The molecule has 1 aromatic carbocycles. The lowest BCUT2D eigenvalue weighted by Crippen LogP contribution is -2.51. The summed E-state index contributed by atoms with van der Waals surface area (Å²) >= 11 is 6.33. The van der Waals surface area contributed by atoms with Gasteiger partial charge in [0.25, 0.3) is 0 Å². The van der Waals surface area contributed by atoms with Crippen LogP contribution in [0.3, 0.4) is 0 Å². The SMILES string of the molecule is C=C(c1ccnc(N)c1Cl)c1n[nH]c2nc(N3CCC4(CC3)Oc3ccccc3[C@H]4N)cnc12. The van der Waals surface area contributed by atoms with E-state index in [0.29, 0.717) is 33.0 Å². The van der Waals surface area contributed by atoms with Crippen molar-refractivity contribution in [1.82, 2.24) is 25.1 Å². The number of pyridine rings is 1. The Morgan fingerprint density at radius 1 is 1.21 bits per heavy atom. The van der Waals surface area contributed by atoms with Gasteiger partial charge in [0.2, 0.25) is 0 Å². The summed E-state index contributed by atoms with van der Waals surface area (Å²) in [5.74, 6) is 1.91. The normalized spacial score (nSPS) is 18.8. The van der Waals surface area contributed by atoms with Crippen LogP contribution >= 0.6 is 11.6 Å². The van der Waals surface area contributed by atoms with Gasteiger partial charge in [-0.3, -0.25) is 5.10 Å². The highest BCUT2D eigenvalue weighted by atomic mass is 35.5. The smallest absolute Gasteiger partial charge is 0.177 e. The highest BCUT2D eigenvalue weighted by molar-refractivity contribution is 6.34. The Bertz CT molecular complexity index is 1430. The van der Waals surface area contributed by atoms with Crippen LogP contribution < -0.4 is 21.1 Å². The van der Waals surface area contributed by atoms with Crippen LogP contribution in [-0.2, 0) is 0 Å². The van der Waals surface area contributed by atoms with Crippen molar-refractivity contribution in [2.24, 2.45) is 5.73 Å². The molecule has 0 unspecified atom stereocenters. The number of anilines is 2. The molecule has 0 aliphatic carbocycles. The molecule has 2 aliphatic rings. The summed E-state index contributed by atoms with van der Waals surface area (Å²) in [5.41, 5.74) is 16.2. The van der Waals surface area contributed by atoms with Crippen molar-refractivity contribution >= 4 is 40.0 Å². The highest BCUT2D eigenvalue weighted by Gasteiger charge is 2.48. The molecule has 4 aromatic rings. The lowest BCUT2D eigenvalue weighted by Gasteiger charge is -2.41. The minimum atomic E-state index is -0.373. The van der Waals surface area contributed by atoms with E-state index in [9.17, 15) is 0 Å². The molecule has 5 N–H and O–H groups in total. The van der Waals surface area contributed by atoms with Gasteiger partial charge in [-0.2, -0.15) is 5.10 Å². The second kappa shape index (κ2) is 7.68. The van der Waals surface area contributed by atoms with Gasteiger partial charge >= 0.3 is 0 Å². The molecule has 1 atom stereocenters. The number of ether oxygens (including phenoxy) is 1. The molecule has 3 aromatic heterocycles. The van der Waals surface area contributed by atoms with E-state index in [1.165, 1.54) is 0 Å². The molecule has 34 heavy (non-hydrogen) atoms. The second-order valence-electron chi connectivity index (χ2n) is 8.70. The maximum atomic E-state index is 6.60.